The topological polar surface area (TPSA) is 0 Å². The van der Waals surface area contributed by atoms with Crippen molar-refractivity contribution in [2.24, 2.45) is 10.8 Å². The second-order valence-electron chi connectivity index (χ2n) is 9.06. The number of thiophene rings is 1. The Labute approximate surface area is 161 Å². The normalized spacial score (nSPS) is 13.0. The number of fused-ring (bicyclic) bond motifs is 5. The fraction of sp³-hybridized carbons (Fsp3) is 0.333. The van der Waals surface area contributed by atoms with Crippen molar-refractivity contribution in [2.45, 2.75) is 40.9 Å². The van der Waals surface area contributed by atoms with Crippen LogP contribution in [0, 0.1) is 10.8 Å². The molecule has 4 aromatic rings. The first-order valence-corrected chi connectivity index (χ1v) is 10.3. The predicted octanol–water partition coefficient (Wildman–Crippen LogP) is 7.03. The van der Waals surface area contributed by atoms with Crippen molar-refractivity contribution in [3.05, 3.63) is 54.6 Å². The van der Waals surface area contributed by atoms with Crippen LogP contribution in [0.5, 0.6) is 0 Å². The lowest BCUT2D eigenvalue weighted by atomic mass is 9.53. The van der Waals surface area contributed by atoms with E-state index in [4.69, 9.17) is 0 Å². The summed E-state index contributed by atoms with van der Waals surface area (Å²) in [6, 6.07) is 20.2. The Morgan fingerprint density at radius 1 is 0.808 bits per heavy atom. The van der Waals surface area contributed by atoms with E-state index in [1.54, 1.807) is 0 Å². The van der Waals surface area contributed by atoms with Gasteiger partial charge in [-0.25, -0.2) is 0 Å². The van der Waals surface area contributed by atoms with Crippen molar-refractivity contribution in [1.82, 2.24) is 0 Å². The molecule has 1 heterocycles. The van der Waals surface area contributed by atoms with Crippen molar-refractivity contribution in [3.8, 4) is 0 Å². The zero-order valence-corrected chi connectivity index (χ0v) is 17.2. The summed E-state index contributed by atoms with van der Waals surface area (Å²) in [6.45, 7) is 11.7. The summed E-state index contributed by atoms with van der Waals surface area (Å²) in [5, 5.41) is 5.49. The van der Waals surface area contributed by atoms with Crippen LogP contribution in [-0.4, -0.2) is 7.28 Å². The molecule has 4 rings (SSSR count). The Balaban J connectivity index is 1.79. The minimum atomic E-state index is 0.269. The van der Waals surface area contributed by atoms with Crippen molar-refractivity contribution in [1.29, 1.82) is 0 Å². The quantitative estimate of drug-likeness (QED) is 0.345. The minimum absolute atomic E-state index is 0.269. The van der Waals surface area contributed by atoms with Gasteiger partial charge in [0.25, 0.3) is 0 Å². The standard InChI is InChI=1S/C24H26BS/c1-23(2,3)24(4,5)15-25-17-11-13-20-19(14-17)22-18-9-7-6-8-16(18)10-12-21(22)26-20/h6-14H,15H2,1-5H3. The third-order valence-electron chi connectivity index (χ3n) is 6.26. The van der Waals surface area contributed by atoms with Gasteiger partial charge in [-0.2, -0.15) is 0 Å². The number of rotatable bonds is 3. The highest BCUT2D eigenvalue weighted by atomic mass is 32.1. The molecule has 0 aliphatic rings. The molecule has 0 atom stereocenters. The fourth-order valence-electron chi connectivity index (χ4n) is 3.37. The molecule has 131 valence electrons. The Bertz CT molecular complexity index is 1100. The van der Waals surface area contributed by atoms with Gasteiger partial charge >= 0.3 is 0 Å². The van der Waals surface area contributed by atoms with Crippen molar-refractivity contribution >= 4 is 55.0 Å². The lowest BCUT2D eigenvalue weighted by Crippen LogP contribution is -2.33. The molecule has 26 heavy (non-hydrogen) atoms. The summed E-state index contributed by atoms with van der Waals surface area (Å²) in [7, 11) is 2.42. The van der Waals surface area contributed by atoms with Gasteiger partial charge in [-0.3, -0.25) is 0 Å². The van der Waals surface area contributed by atoms with Gasteiger partial charge in [-0.05, 0) is 33.7 Å². The molecule has 0 N–H and O–H groups in total. The van der Waals surface area contributed by atoms with Crippen LogP contribution in [0.25, 0.3) is 30.9 Å². The van der Waals surface area contributed by atoms with E-state index in [1.807, 2.05) is 11.3 Å². The van der Waals surface area contributed by atoms with E-state index in [0.29, 0.717) is 5.41 Å². The van der Waals surface area contributed by atoms with E-state index in [2.05, 4.69) is 96.5 Å². The summed E-state index contributed by atoms with van der Waals surface area (Å²) in [6.07, 6.45) is 1.09. The second kappa shape index (κ2) is 6.13. The largest absolute Gasteiger partial charge is 0.152 e. The molecule has 0 spiro atoms. The highest BCUT2D eigenvalue weighted by Crippen LogP contribution is 2.41. The third-order valence-corrected chi connectivity index (χ3v) is 7.40. The van der Waals surface area contributed by atoms with Crippen LogP contribution >= 0.6 is 11.3 Å². The van der Waals surface area contributed by atoms with Crippen LogP contribution in [0.3, 0.4) is 0 Å². The van der Waals surface area contributed by atoms with Crippen molar-refractivity contribution in [3.63, 3.8) is 0 Å². The molecule has 0 aliphatic carbocycles. The third kappa shape index (κ3) is 2.95. The van der Waals surface area contributed by atoms with E-state index in [0.717, 1.165) is 6.32 Å². The average Bonchev–Trinajstić information content (AvgIpc) is 2.97. The molecule has 1 radical (unpaired) electrons. The van der Waals surface area contributed by atoms with Gasteiger partial charge in [0.2, 0.25) is 0 Å². The van der Waals surface area contributed by atoms with E-state index in [9.17, 15) is 0 Å². The van der Waals surface area contributed by atoms with Gasteiger partial charge in [-0.15, -0.1) is 11.3 Å². The average molecular weight is 357 g/mol. The number of hydrogen-bond acceptors (Lipinski definition) is 1. The SMILES string of the molecule is CC(C)(C)C(C)(C)C[B]c1ccc2sc3ccc4ccccc4c3c2c1. The van der Waals surface area contributed by atoms with E-state index in [-0.39, 0.29) is 5.41 Å². The summed E-state index contributed by atoms with van der Waals surface area (Å²) in [5.74, 6) is 0. The molecule has 0 nitrogen and oxygen atoms in total. The first-order chi connectivity index (χ1) is 12.3. The van der Waals surface area contributed by atoms with Crippen LogP contribution in [0.2, 0.25) is 6.32 Å². The lowest BCUT2D eigenvalue weighted by molar-refractivity contribution is 0.157. The monoisotopic (exact) mass is 357 g/mol. The maximum Gasteiger partial charge on any atom is 0.152 e. The van der Waals surface area contributed by atoms with Gasteiger partial charge in [0.05, 0.1) is 0 Å². The van der Waals surface area contributed by atoms with Gasteiger partial charge in [0, 0.05) is 20.2 Å². The van der Waals surface area contributed by atoms with Crippen LogP contribution < -0.4 is 5.46 Å². The van der Waals surface area contributed by atoms with Crippen LogP contribution in [0.15, 0.2) is 54.6 Å². The van der Waals surface area contributed by atoms with Crippen LogP contribution in [-0.2, 0) is 0 Å². The van der Waals surface area contributed by atoms with E-state index in [1.165, 1.54) is 36.4 Å². The molecule has 0 bridgehead atoms. The van der Waals surface area contributed by atoms with Gasteiger partial charge in [-0.1, -0.05) is 88.9 Å². The smallest absolute Gasteiger partial charge is 0.135 e. The summed E-state index contributed by atoms with van der Waals surface area (Å²) in [4.78, 5) is 0. The number of hydrogen-bond donors (Lipinski definition) is 0. The lowest BCUT2D eigenvalue weighted by Gasteiger charge is -2.39. The highest BCUT2D eigenvalue weighted by Gasteiger charge is 2.32. The van der Waals surface area contributed by atoms with E-state index < -0.39 is 0 Å². The zero-order valence-electron chi connectivity index (χ0n) is 16.4. The molecule has 0 amide bonds. The maximum atomic E-state index is 2.42. The number of benzene rings is 3. The molecule has 0 unspecified atom stereocenters. The fourth-order valence-corrected chi connectivity index (χ4v) is 4.47. The molecule has 3 aromatic carbocycles. The Hall–Kier alpha value is -1.80. The highest BCUT2D eigenvalue weighted by molar-refractivity contribution is 7.26. The zero-order chi connectivity index (χ0) is 18.5. The van der Waals surface area contributed by atoms with Gasteiger partial charge < -0.3 is 0 Å². The van der Waals surface area contributed by atoms with Gasteiger partial charge in [0.1, 0.15) is 0 Å². The Morgan fingerprint density at radius 3 is 2.31 bits per heavy atom. The second-order valence-corrected chi connectivity index (χ2v) is 10.1. The minimum Gasteiger partial charge on any atom is -0.135 e. The first-order valence-electron chi connectivity index (χ1n) is 9.43. The van der Waals surface area contributed by atoms with Crippen LogP contribution in [0.1, 0.15) is 34.6 Å². The molecule has 2 heteroatoms. The molecule has 0 aliphatic heterocycles. The van der Waals surface area contributed by atoms with Crippen molar-refractivity contribution < 1.29 is 0 Å². The summed E-state index contributed by atoms with van der Waals surface area (Å²) in [5.41, 5.74) is 1.90. The van der Waals surface area contributed by atoms with E-state index >= 15 is 0 Å². The molecule has 0 fully saturated rings. The summed E-state index contributed by atoms with van der Waals surface area (Å²) < 4.78 is 2.76. The molecule has 0 saturated heterocycles. The Kier molecular flexibility index (Phi) is 4.15. The molecule has 1 aromatic heterocycles. The van der Waals surface area contributed by atoms with Crippen LogP contribution in [0.4, 0.5) is 0 Å². The molecular weight excluding hydrogens is 331 g/mol. The predicted molar refractivity (Wildman–Crippen MR) is 120 cm³/mol. The van der Waals surface area contributed by atoms with Crippen molar-refractivity contribution in [2.75, 3.05) is 0 Å². The first kappa shape index (κ1) is 17.6. The maximum absolute atomic E-state index is 2.42. The summed E-state index contributed by atoms with van der Waals surface area (Å²) >= 11 is 1.90. The Morgan fingerprint density at radius 2 is 1.54 bits per heavy atom. The molecule has 0 saturated carbocycles. The molecular formula is C24H26BS. The van der Waals surface area contributed by atoms with Gasteiger partial charge in [0.15, 0.2) is 7.28 Å².